The lowest BCUT2D eigenvalue weighted by Gasteiger charge is -2.06. The fraction of sp³-hybridized carbons (Fsp3) is 0.389. The Balaban J connectivity index is 1.70. The number of carbonyl (C=O) groups excluding carboxylic acids is 2. The fourth-order valence-electron chi connectivity index (χ4n) is 1.97. The summed E-state index contributed by atoms with van der Waals surface area (Å²) in [7, 11) is 0. The number of carbonyl (C=O) groups is 2. The maximum Gasteiger partial charge on any atom is 0.358 e. The molecule has 0 atom stereocenters. The molecule has 1 aromatic carbocycles. The summed E-state index contributed by atoms with van der Waals surface area (Å²) in [5.74, 6) is -0.336. The topological polar surface area (TPSA) is 80.3 Å². The van der Waals surface area contributed by atoms with Crippen molar-refractivity contribution in [3.05, 3.63) is 47.0 Å². The largest absolute Gasteiger partial charge is 0.451 e. The molecule has 0 aliphatic rings. The van der Waals surface area contributed by atoms with E-state index in [2.05, 4.69) is 29.5 Å². The van der Waals surface area contributed by atoms with Gasteiger partial charge in [0.25, 0.3) is 5.91 Å². The predicted molar refractivity (Wildman–Crippen MR) is 98.6 cm³/mol. The van der Waals surface area contributed by atoms with Crippen LogP contribution in [0.5, 0.6) is 0 Å². The van der Waals surface area contributed by atoms with Gasteiger partial charge < -0.3 is 15.4 Å². The average Bonchev–Trinajstić information content (AvgIpc) is 3.07. The number of anilines is 1. The van der Waals surface area contributed by atoms with Gasteiger partial charge >= 0.3 is 5.97 Å². The number of thiazole rings is 1. The van der Waals surface area contributed by atoms with E-state index < -0.39 is 5.97 Å². The van der Waals surface area contributed by atoms with Crippen LogP contribution in [-0.2, 0) is 16.1 Å². The highest BCUT2D eigenvalue weighted by molar-refractivity contribution is 7.13. The quantitative estimate of drug-likeness (QED) is 0.671. The van der Waals surface area contributed by atoms with Crippen molar-refractivity contribution in [3.8, 4) is 0 Å². The maximum absolute atomic E-state index is 11.9. The lowest BCUT2D eigenvalue weighted by molar-refractivity contribution is -0.124. The molecule has 0 saturated heterocycles. The smallest absolute Gasteiger partial charge is 0.358 e. The molecule has 0 unspecified atom stereocenters. The van der Waals surface area contributed by atoms with Crippen molar-refractivity contribution in [2.75, 3.05) is 18.5 Å². The van der Waals surface area contributed by atoms with E-state index in [-0.39, 0.29) is 18.2 Å². The Labute approximate surface area is 151 Å². The lowest BCUT2D eigenvalue weighted by atomic mass is 10.1. The van der Waals surface area contributed by atoms with Crippen LogP contribution in [0.4, 0.5) is 5.13 Å². The van der Waals surface area contributed by atoms with Crippen LogP contribution in [-0.4, -0.2) is 30.0 Å². The van der Waals surface area contributed by atoms with Crippen molar-refractivity contribution >= 4 is 28.3 Å². The Kier molecular flexibility index (Phi) is 7.40. The zero-order chi connectivity index (χ0) is 18.1. The first-order valence-corrected chi connectivity index (χ1v) is 9.09. The van der Waals surface area contributed by atoms with Crippen LogP contribution in [0.1, 0.15) is 36.3 Å². The summed E-state index contributed by atoms with van der Waals surface area (Å²) in [6.07, 6.45) is 1.03. The highest BCUT2D eigenvalue weighted by atomic mass is 32.1. The van der Waals surface area contributed by atoms with E-state index >= 15 is 0 Å². The molecular weight excluding hydrogens is 338 g/mol. The highest BCUT2D eigenvalue weighted by Gasteiger charge is 2.14. The number of esters is 1. The van der Waals surface area contributed by atoms with E-state index in [0.29, 0.717) is 17.6 Å². The van der Waals surface area contributed by atoms with Crippen LogP contribution in [0.3, 0.4) is 0 Å². The number of nitrogens with one attached hydrogen (secondary N) is 2. The molecule has 0 spiro atoms. The first-order chi connectivity index (χ1) is 12.0. The van der Waals surface area contributed by atoms with Gasteiger partial charge in [-0.15, -0.1) is 11.3 Å². The van der Waals surface area contributed by atoms with Crippen LogP contribution >= 0.6 is 11.3 Å². The van der Waals surface area contributed by atoms with Crippen LogP contribution in [0.25, 0.3) is 0 Å². The molecule has 7 heteroatoms. The molecule has 1 amide bonds. The zero-order valence-corrected chi connectivity index (χ0v) is 15.3. The lowest BCUT2D eigenvalue weighted by Crippen LogP contribution is -2.28. The Morgan fingerprint density at radius 3 is 2.72 bits per heavy atom. The van der Waals surface area contributed by atoms with Gasteiger partial charge in [0, 0.05) is 18.5 Å². The van der Waals surface area contributed by atoms with Crippen molar-refractivity contribution < 1.29 is 14.3 Å². The Bertz CT molecular complexity index is 686. The standard InChI is InChI=1S/C18H23N3O3S/c1-13(2)8-9-19-18-21-15(12-25-18)17(23)24-11-16(22)20-10-14-6-4-3-5-7-14/h3-7,12-13H,8-11H2,1-2H3,(H,19,21)(H,20,22). The van der Waals surface area contributed by atoms with Gasteiger partial charge in [0.1, 0.15) is 0 Å². The molecule has 25 heavy (non-hydrogen) atoms. The number of amides is 1. The van der Waals surface area contributed by atoms with Crippen LogP contribution < -0.4 is 10.6 Å². The summed E-state index contributed by atoms with van der Waals surface area (Å²) in [5.41, 5.74) is 1.20. The second-order valence-electron chi connectivity index (χ2n) is 5.99. The molecule has 0 saturated carbocycles. The summed E-state index contributed by atoms with van der Waals surface area (Å²) in [6, 6.07) is 9.53. The second-order valence-corrected chi connectivity index (χ2v) is 6.84. The summed E-state index contributed by atoms with van der Waals surface area (Å²) in [4.78, 5) is 27.9. The van der Waals surface area contributed by atoms with E-state index in [1.807, 2.05) is 30.3 Å². The van der Waals surface area contributed by atoms with Gasteiger partial charge in [-0.3, -0.25) is 4.79 Å². The summed E-state index contributed by atoms with van der Waals surface area (Å²) < 4.78 is 5.00. The summed E-state index contributed by atoms with van der Waals surface area (Å²) in [6.45, 7) is 5.18. The van der Waals surface area contributed by atoms with Crippen LogP contribution in [0.2, 0.25) is 0 Å². The third-order valence-electron chi connectivity index (χ3n) is 3.38. The highest BCUT2D eigenvalue weighted by Crippen LogP contribution is 2.16. The van der Waals surface area contributed by atoms with Crippen molar-refractivity contribution in [3.63, 3.8) is 0 Å². The molecule has 1 heterocycles. The minimum absolute atomic E-state index is 0.216. The van der Waals surface area contributed by atoms with Crippen molar-refractivity contribution in [2.24, 2.45) is 5.92 Å². The molecule has 2 N–H and O–H groups in total. The number of rotatable bonds is 9. The van der Waals surface area contributed by atoms with Gasteiger partial charge in [-0.1, -0.05) is 44.2 Å². The SMILES string of the molecule is CC(C)CCNc1nc(C(=O)OCC(=O)NCc2ccccc2)cs1. The summed E-state index contributed by atoms with van der Waals surface area (Å²) in [5, 5.41) is 8.19. The maximum atomic E-state index is 11.9. The van der Waals surface area contributed by atoms with Gasteiger partial charge in [-0.25, -0.2) is 9.78 Å². The third-order valence-corrected chi connectivity index (χ3v) is 4.18. The zero-order valence-electron chi connectivity index (χ0n) is 14.5. The van der Waals surface area contributed by atoms with Crippen molar-refractivity contribution in [1.82, 2.24) is 10.3 Å². The molecule has 134 valence electrons. The number of ether oxygens (including phenoxy) is 1. The molecule has 1 aromatic heterocycles. The monoisotopic (exact) mass is 361 g/mol. The molecule has 2 rings (SSSR count). The number of hydrogen-bond donors (Lipinski definition) is 2. The van der Waals surface area contributed by atoms with Crippen molar-refractivity contribution in [1.29, 1.82) is 0 Å². The van der Waals surface area contributed by atoms with Crippen LogP contribution in [0.15, 0.2) is 35.7 Å². The first kappa shape index (κ1) is 18.9. The number of benzene rings is 1. The van der Waals surface area contributed by atoms with E-state index in [9.17, 15) is 9.59 Å². The van der Waals surface area contributed by atoms with Gasteiger partial charge in [0.15, 0.2) is 17.4 Å². The molecule has 0 bridgehead atoms. The minimum Gasteiger partial charge on any atom is -0.451 e. The molecule has 0 aliphatic carbocycles. The molecule has 0 radical (unpaired) electrons. The average molecular weight is 361 g/mol. The molecule has 2 aromatic rings. The Morgan fingerprint density at radius 1 is 1.24 bits per heavy atom. The molecule has 6 nitrogen and oxygen atoms in total. The fourth-order valence-corrected chi connectivity index (χ4v) is 2.68. The first-order valence-electron chi connectivity index (χ1n) is 8.21. The number of hydrogen-bond acceptors (Lipinski definition) is 6. The van der Waals surface area contributed by atoms with Crippen LogP contribution in [0, 0.1) is 5.92 Å². The minimum atomic E-state index is -0.594. The predicted octanol–water partition coefficient (Wildman–Crippen LogP) is 3.07. The molecule has 0 fully saturated rings. The van der Waals surface area contributed by atoms with E-state index in [1.165, 1.54) is 11.3 Å². The van der Waals surface area contributed by atoms with E-state index in [4.69, 9.17) is 4.74 Å². The van der Waals surface area contributed by atoms with Gasteiger partial charge in [-0.2, -0.15) is 0 Å². The van der Waals surface area contributed by atoms with E-state index in [0.717, 1.165) is 18.5 Å². The second kappa shape index (κ2) is 9.78. The van der Waals surface area contributed by atoms with Gasteiger partial charge in [-0.05, 0) is 17.9 Å². The normalized spacial score (nSPS) is 10.5. The van der Waals surface area contributed by atoms with Gasteiger partial charge in [0.05, 0.1) is 0 Å². The van der Waals surface area contributed by atoms with Crippen molar-refractivity contribution in [2.45, 2.75) is 26.8 Å². The number of nitrogens with zero attached hydrogens (tertiary/aromatic N) is 1. The summed E-state index contributed by atoms with van der Waals surface area (Å²) >= 11 is 1.35. The Hall–Kier alpha value is -2.41. The Morgan fingerprint density at radius 2 is 2.00 bits per heavy atom. The third kappa shape index (κ3) is 6.93. The van der Waals surface area contributed by atoms with Gasteiger partial charge in [0.2, 0.25) is 0 Å². The molecular formula is C18H23N3O3S. The number of aromatic nitrogens is 1. The van der Waals surface area contributed by atoms with E-state index in [1.54, 1.807) is 5.38 Å². The molecule has 0 aliphatic heterocycles.